The van der Waals surface area contributed by atoms with Gasteiger partial charge in [-0.15, -0.1) is 0 Å². The van der Waals surface area contributed by atoms with Crippen LogP contribution in [0.25, 0.3) is 0 Å². The molecule has 0 aliphatic heterocycles. The van der Waals surface area contributed by atoms with E-state index in [-0.39, 0.29) is 5.56 Å². The molecule has 0 aromatic heterocycles. The molecule has 0 aliphatic rings. The second kappa shape index (κ2) is 5.67. The zero-order valence-electron chi connectivity index (χ0n) is 9.84. The van der Waals surface area contributed by atoms with Crippen molar-refractivity contribution >= 4 is 0 Å². The Kier molecular flexibility index (Phi) is 4.70. The molecular weight excluding hydrogens is 250 g/mol. The van der Waals surface area contributed by atoms with Crippen LogP contribution in [0.1, 0.15) is 36.9 Å². The van der Waals surface area contributed by atoms with Gasteiger partial charge < -0.3 is 10.8 Å². The Balaban J connectivity index is 3.11. The van der Waals surface area contributed by atoms with Gasteiger partial charge in [-0.1, -0.05) is 25.5 Å². The summed E-state index contributed by atoms with van der Waals surface area (Å²) in [5.41, 5.74) is 3.90. The quantitative estimate of drug-likeness (QED) is 0.822. The van der Waals surface area contributed by atoms with Gasteiger partial charge >= 0.3 is 6.18 Å². The molecule has 1 aromatic carbocycles. The van der Waals surface area contributed by atoms with E-state index in [0.717, 1.165) is 12.1 Å². The van der Waals surface area contributed by atoms with E-state index in [0.29, 0.717) is 18.9 Å². The van der Waals surface area contributed by atoms with Crippen molar-refractivity contribution in [3.63, 3.8) is 0 Å². The molecule has 18 heavy (non-hydrogen) atoms. The highest BCUT2D eigenvalue weighted by Crippen LogP contribution is 2.34. The molecule has 0 saturated heterocycles. The first kappa shape index (κ1) is 14.9. The topological polar surface area (TPSA) is 46.2 Å². The van der Waals surface area contributed by atoms with Crippen molar-refractivity contribution in [2.24, 2.45) is 5.73 Å². The number of alkyl halides is 3. The highest BCUT2D eigenvalue weighted by Gasteiger charge is 2.36. The van der Waals surface area contributed by atoms with Crippen LogP contribution in [0.3, 0.4) is 0 Å². The van der Waals surface area contributed by atoms with Gasteiger partial charge in [0.15, 0.2) is 0 Å². The number of hydrogen-bond donors (Lipinski definition) is 2. The lowest BCUT2D eigenvalue weighted by Crippen LogP contribution is -2.27. The van der Waals surface area contributed by atoms with Crippen molar-refractivity contribution in [1.82, 2.24) is 0 Å². The third-order valence-electron chi connectivity index (χ3n) is 2.69. The van der Waals surface area contributed by atoms with Crippen LogP contribution in [0.15, 0.2) is 18.2 Å². The lowest BCUT2D eigenvalue weighted by Gasteiger charge is -2.20. The third kappa shape index (κ3) is 3.20. The molecule has 6 heteroatoms. The second-order valence-electron chi connectivity index (χ2n) is 4.09. The Bertz CT molecular complexity index is 406. The van der Waals surface area contributed by atoms with Gasteiger partial charge in [-0.05, 0) is 12.5 Å². The smallest absolute Gasteiger partial charge is 0.391 e. The number of benzene rings is 1. The van der Waals surface area contributed by atoms with Crippen LogP contribution in [0, 0.1) is 5.82 Å². The van der Waals surface area contributed by atoms with Crippen LogP contribution in [0.4, 0.5) is 17.6 Å². The number of nitrogens with two attached hydrogens (primary N) is 1. The molecule has 1 rings (SSSR count). The van der Waals surface area contributed by atoms with Gasteiger partial charge in [-0.25, -0.2) is 4.39 Å². The first-order valence-corrected chi connectivity index (χ1v) is 5.58. The van der Waals surface area contributed by atoms with Gasteiger partial charge in [0.2, 0.25) is 0 Å². The minimum Gasteiger partial charge on any atom is -0.391 e. The Morgan fingerprint density at radius 2 is 1.94 bits per heavy atom. The molecule has 2 atom stereocenters. The van der Waals surface area contributed by atoms with Gasteiger partial charge in [-0.3, -0.25) is 0 Å². The Hall–Kier alpha value is -1.14. The van der Waals surface area contributed by atoms with Crippen LogP contribution in [-0.4, -0.2) is 11.2 Å². The molecule has 0 bridgehead atoms. The highest BCUT2D eigenvalue weighted by atomic mass is 19.4. The van der Waals surface area contributed by atoms with E-state index in [1.165, 1.54) is 0 Å². The molecule has 0 spiro atoms. The molecule has 102 valence electrons. The van der Waals surface area contributed by atoms with Crippen LogP contribution in [0.2, 0.25) is 0 Å². The van der Waals surface area contributed by atoms with E-state index in [1.807, 2.05) is 0 Å². The molecule has 0 amide bonds. The minimum atomic E-state index is -4.77. The molecule has 0 radical (unpaired) electrons. The summed E-state index contributed by atoms with van der Waals surface area (Å²) >= 11 is 0. The fourth-order valence-electron chi connectivity index (χ4n) is 1.71. The standard InChI is InChI=1S/C12H15F4NO/c1-2-4-9(18)11(17)7-5-3-6-8(10(7)13)12(14,15)16/h3,5-6,9,11,18H,2,4,17H2,1H3/t9-,11+/m1/s1. The second-order valence-corrected chi connectivity index (χ2v) is 4.09. The fraction of sp³-hybridized carbons (Fsp3) is 0.500. The zero-order chi connectivity index (χ0) is 13.9. The largest absolute Gasteiger partial charge is 0.419 e. The normalized spacial score (nSPS) is 15.5. The summed E-state index contributed by atoms with van der Waals surface area (Å²) in [4.78, 5) is 0. The van der Waals surface area contributed by atoms with Gasteiger partial charge in [0.25, 0.3) is 0 Å². The predicted octanol–water partition coefficient (Wildman–Crippen LogP) is 3.01. The van der Waals surface area contributed by atoms with E-state index in [1.54, 1.807) is 6.92 Å². The lowest BCUT2D eigenvalue weighted by molar-refractivity contribution is -0.140. The average Bonchev–Trinajstić information content (AvgIpc) is 2.27. The van der Waals surface area contributed by atoms with Crippen LogP contribution in [0.5, 0.6) is 0 Å². The zero-order valence-corrected chi connectivity index (χ0v) is 9.84. The predicted molar refractivity (Wildman–Crippen MR) is 59.2 cm³/mol. The minimum absolute atomic E-state index is 0.302. The van der Waals surface area contributed by atoms with Gasteiger partial charge in [-0.2, -0.15) is 13.2 Å². The van der Waals surface area contributed by atoms with Gasteiger partial charge in [0, 0.05) is 5.56 Å². The molecule has 0 unspecified atom stereocenters. The van der Waals surface area contributed by atoms with Crippen LogP contribution < -0.4 is 5.73 Å². The van der Waals surface area contributed by atoms with Crippen molar-refractivity contribution in [1.29, 1.82) is 0 Å². The molecule has 0 heterocycles. The van der Waals surface area contributed by atoms with Gasteiger partial charge in [0.1, 0.15) is 5.82 Å². The van der Waals surface area contributed by atoms with E-state index >= 15 is 0 Å². The summed E-state index contributed by atoms with van der Waals surface area (Å²) in [7, 11) is 0. The Morgan fingerprint density at radius 3 is 2.44 bits per heavy atom. The summed E-state index contributed by atoms with van der Waals surface area (Å²) in [6.45, 7) is 1.79. The van der Waals surface area contributed by atoms with Crippen molar-refractivity contribution < 1.29 is 22.7 Å². The maximum absolute atomic E-state index is 13.7. The summed E-state index contributed by atoms with van der Waals surface area (Å²) in [6.07, 6.45) is -4.92. The first-order valence-electron chi connectivity index (χ1n) is 5.58. The first-order chi connectivity index (χ1) is 8.29. The molecule has 0 aliphatic carbocycles. The highest BCUT2D eigenvalue weighted by molar-refractivity contribution is 5.30. The molecule has 1 aromatic rings. The Labute approximate surface area is 102 Å². The SMILES string of the molecule is CCC[C@@H](O)[C@@H](N)c1cccc(C(F)(F)F)c1F. The summed E-state index contributed by atoms with van der Waals surface area (Å²) in [6, 6.07) is 1.73. The van der Waals surface area contributed by atoms with Crippen LogP contribution >= 0.6 is 0 Å². The number of aliphatic hydroxyl groups excluding tert-OH is 1. The molecule has 0 fully saturated rings. The van der Waals surface area contributed by atoms with Crippen molar-refractivity contribution in [2.45, 2.75) is 38.1 Å². The maximum atomic E-state index is 13.7. The van der Waals surface area contributed by atoms with E-state index < -0.39 is 29.7 Å². The molecular formula is C12H15F4NO. The van der Waals surface area contributed by atoms with E-state index in [9.17, 15) is 22.7 Å². The molecule has 3 N–H and O–H groups in total. The monoisotopic (exact) mass is 265 g/mol. The van der Waals surface area contributed by atoms with Crippen molar-refractivity contribution in [3.05, 3.63) is 35.1 Å². The van der Waals surface area contributed by atoms with Crippen molar-refractivity contribution in [2.75, 3.05) is 0 Å². The number of rotatable bonds is 4. The van der Waals surface area contributed by atoms with Gasteiger partial charge in [0.05, 0.1) is 17.7 Å². The fourth-order valence-corrected chi connectivity index (χ4v) is 1.71. The Morgan fingerprint density at radius 1 is 1.33 bits per heavy atom. The maximum Gasteiger partial charge on any atom is 0.419 e. The third-order valence-corrected chi connectivity index (χ3v) is 2.69. The number of halogens is 4. The number of aliphatic hydroxyl groups is 1. The number of hydrogen-bond acceptors (Lipinski definition) is 2. The molecule has 0 saturated carbocycles. The lowest BCUT2D eigenvalue weighted by atomic mass is 9.96. The van der Waals surface area contributed by atoms with Crippen molar-refractivity contribution in [3.8, 4) is 0 Å². The summed E-state index contributed by atoms with van der Waals surface area (Å²) in [5, 5.41) is 9.62. The van der Waals surface area contributed by atoms with Crippen LogP contribution in [-0.2, 0) is 6.18 Å². The van der Waals surface area contributed by atoms with E-state index in [4.69, 9.17) is 5.73 Å². The summed E-state index contributed by atoms with van der Waals surface area (Å²) < 4.78 is 51.2. The van der Waals surface area contributed by atoms with E-state index in [2.05, 4.69) is 0 Å². The molecule has 2 nitrogen and oxygen atoms in total. The summed E-state index contributed by atoms with van der Waals surface area (Å²) in [5.74, 6) is -1.41. The average molecular weight is 265 g/mol.